The fraction of sp³-hybridized carbons (Fsp3) is 0.750. The molecule has 2 fully saturated rings. The number of aromatic nitrogens is 1. The number of nitrogens with zero attached hydrogens (tertiary/aromatic N) is 2. The van der Waals surface area contributed by atoms with Gasteiger partial charge in [-0.3, -0.25) is 4.79 Å². The van der Waals surface area contributed by atoms with Crippen molar-refractivity contribution in [3.63, 3.8) is 0 Å². The molecule has 0 aromatic carbocycles. The largest absolute Gasteiger partial charge is 0.378 e. The number of piperidine rings is 1. The third kappa shape index (κ3) is 3.46. The van der Waals surface area contributed by atoms with Gasteiger partial charge in [-0.1, -0.05) is 0 Å². The second-order valence-electron chi connectivity index (χ2n) is 6.21. The number of hydrogen-bond acceptors (Lipinski definition) is 4. The summed E-state index contributed by atoms with van der Waals surface area (Å²) < 4.78 is 5.59. The van der Waals surface area contributed by atoms with Crippen molar-refractivity contribution >= 4 is 17.2 Å². The van der Waals surface area contributed by atoms with Gasteiger partial charge < -0.3 is 9.64 Å². The van der Waals surface area contributed by atoms with Crippen LogP contribution in [0.3, 0.4) is 0 Å². The molecule has 5 heteroatoms. The Bertz CT molecular complexity index is 489. The van der Waals surface area contributed by atoms with Crippen molar-refractivity contribution < 1.29 is 9.53 Å². The number of hydrogen-bond donors (Lipinski definition) is 0. The molecule has 0 bridgehead atoms. The molecule has 0 unspecified atom stereocenters. The lowest BCUT2D eigenvalue weighted by molar-refractivity contribution is -0.134. The molecule has 21 heavy (non-hydrogen) atoms. The maximum atomic E-state index is 12.4. The van der Waals surface area contributed by atoms with E-state index >= 15 is 0 Å². The zero-order chi connectivity index (χ0) is 14.8. The van der Waals surface area contributed by atoms with E-state index in [4.69, 9.17) is 4.74 Å². The lowest BCUT2D eigenvalue weighted by atomic mass is 9.98. The fourth-order valence-corrected chi connectivity index (χ4v) is 4.26. The molecule has 1 aromatic heterocycles. The fourth-order valence-electron chi connectivity index (χ4n) is 3.21. The van der Waals surface area contributed by atoms with Crippen molar-refractivity contribution in [2.45, 2.75) is 58.0 Å². The third-order valence-corrected chi connectivity index (χ3v) is 5.83. The molecule has 116 valence electrons. The molecule has 0 spiro atoms. The topological polar surface area (TPSA) is 42.4 Å². The van der Waals surface area contributed by atoms with Gasteiger partial charge in [0.1, 0.15) is 0 Å². The molecule has 3 heterocycles. The Kier molecular flexibility index (Phi) is 4.60. The van der Waals surface area contributed by atoms with Crippen LogP contribution in [0, 0.1) is 13.8 Å². The van der Waals surface area contributed by atoms with Gasteiger partial charge in [0, 0.05) is 30.5 Å². The smallest absolute Gasteiger partial charge is 0.225 e. The van der Waals surface area contributed by atoms with Gasteiger partial charge >= 0.3 is 0 Å². The molecule has 0 aliphatic carbocycles. The van der Waals surface area contributed by atoms with Crippen LogP contribution in [0.25, 0.3) is 0 Å². The van der Waals surface area contributed by atoms with Crippen LogP contribution < -0.4 is 0 Å². The van der Waals surface area contributed by atoms with Crippen molar-refractivity contribution in [3.05, 3.63) is 15.6 Å². The van der Waals surface area contributed by atoms with E-state index in [1.165, 1.54) is 9.88 Å². The number of carbonyl (C=O) groups excluding carboxylic acids is 1. The van der Waals surface area contributed by atoms with E-state index in [1.54, 1.807) is 11.3 Å². The van der Waals surface area contributed by atoms with E-state index in [-0.39, 0.29) is 12.0 Å². The highest BCUT2D eigenvalue weighted by Crippen LogP contribution is 2.31. The minimum absolute atomic E-state index is 0.155. The molecular weight excluding hydrogens is 284 g/mol. The molecule has 2 saturated heterocycles. The quantitative estimate of drug-likeness (QED) is 0.862. The maximum absolute atomic E-state index is 12.4. The second-order valence-corrected chi connectivity index (χ2v) is 7.45. The van der Waals surface area contributed by atoms with Crippen molar-refractivity contribution in [2.75, 3.05) is 19.7 Å². The van der Waals surface area contributed by atoms with Crippen LogP contribution in [0.2, 0.25) is 0 Å². The highest BCUT2D eigenvalue weighted by atomic mass is 32.1. The van der Waals surface area contributed by atoms with E-state index < -0.39 is 0 Å². The first-order valence-corrected chi connectivity index (χ1v) is 8.78. The Balaban J connectivity index is 1.60. The minimum Gasteiger partial charge on any atom is -0.378 e. The van der Waals surface area contributed by atoms with Crippen LogP contribution in [0.1, 0.15) is 53.6 Å². The molecule has 2 aliphatic rings. The molecule has 1 amide bonds. The number of ether oxygens (including phenoxy) is 1. The van der Waals surface area contributed by atoms with Crippen LogP contribution in [0.5, 0.6) is 0 Å². The highest BCUT2D eigenvalue weighted by Gasteiger charge is 2.29. The van der Waals surface area contributed by atoms with E-state index in [2.05, 4.69) is 18.8 Å². The van der Waals surface area contributed by atoms with Gasteiger partial charge in [-0.2, -0.15) is 0 Å². The van der Waals surface area contributed by atoms with Gasteiger partial charge in [-0.25, -0.2) is 4.98 Å². The summed E-state index contributed by atoms with van der Waals surface area (Å²) in [7, 11) is 0. The average Bonchev–Trinajstić information content (AvgIpc) is 3.10. The number of amides is 1. The van der Waals surface area contributed by atoms with Crippen molar-refractivity contribution in [1.82, 2.24) is 9.88 Å². The SMILES string of the molecule is Cc1nc([C@@H]2CCCN(C(=O)C[C@@H]3CCCO3)C2)sc1C. The maximum Gasteiger partial charge on any atom is 0.225 e. The predicted molar refractivity (Wildman–Crippen MR) is 83.7 cm³/mol. The number of thiazole rings is 1. The van der Waals surface area contributed by atoms with Crippen molar-refractivity contribution in [2.24, 2.45) is 0 Å². The standard InChI is InChI=1S/C16H24N2O2S/c1-11-12(2)21-16(17-11)13-5-3-7-18(10-13)15(19)9-14-6-4-8-20-14/h13-14H,3-10H2,1-2H3/t13-,14+/m1/s1. The first kappa shape index (κ1) is 15.0. The van der Waals surface area contributed by atoms with E-state index in [1.807, 2.05) is 4.90 Å². The first-order valence-electron chi connectivity index (χ1n) is 7.97. The van der Waals surface area contributed by atoms with Gasteiger partial charge in [0.2, 0.25) is 5.91 Å². The lowest BCUT2D eigenvalue weighted by Crippen LogP contribution is -2.40. The monoisotopic (exact) mass is 308 g/mol. The molecule has 2 aliphatic heterocycles. The normalized spacial score (nSPS) is 26.3. The van der Waals surface area contributed by atoms with Crippen LogP contribution in [-0.4, -0.2) is 41.6 Å². The van der Waals surface area contributed by atoms with Crippen LogP contribution >= 0.6 is 11.3 Å². The van der Waals surface area contributed by atoms with Crippen molar-refractivity contribution in [3.8, 4) is 0 Å². The molecule has 0 saturated carbocycles. The van der Waals surface area contributed by atoms with Crippen molar-refractivity contribution in [1.29, 1.82) is 0 Å². The molecular formula is C16H24N2O2S. The molecule has 0 radical (unpaired) electrons. The summed E-state index contributed by atoms with van der Waals surface area (Å²) in [6.45, 7) is 6.74. The Morgan fingerprint density at radius 2 is 2.24 bits per heavy atom. The van der Waals surface area contributed by atoms with E-state index in [0.717, 1.165) is 51.1 Å². The summed E-state index contributed by atoms with van der Waals surface area (Å²) in [6, 6.07) is 0. The number of carbonyl (C=O) groups is 1. The Labute approximate surface area is 130 Å². The first-order chi connectivity index (χ1) is 10.1. The summed E-state index contributed by atoms with van der Waals surface area (Å²) >= 11 is 1.79. The van der Waals surface area contributed by atoms with Gasteiger partial charge in [0.25, 0.3) is 0 Å². The summed E-state index contributed by atoms with van der Waals surface area (Å²) in [5.41, 5.74) is 1.14. The molecule has 2 atom stereocenters. The van der Waals surface area contributed by atoms with Crippen LogP contribution in [-0.2, 0) is 9.53 Å². The number of aryl methyl sites for hydroxylation is 2. The lowest BCUT2D eigenvalue weighted by Gasteiger charge is -2.32. The predicted octanol–water partition coefficient (Wildman–Crippen LogP) is 3.04. The van der Waals surface area contributed by atoms with Gasteiger partial charge in [-0.05, 0) is 39.5 Å². The summed E-state index contributed by atoms with van der Waals surface area (Å²) in [6.07, 6.45) is 5.08. The second kappa shape index (κ2) is 6.44. The van der Waals surface area contributed by atoms with Gasteiger partial charge in [0.05, 0.1) is 23.2 Å². The van der Waals surface area contributed by atoms with Gasteiger partial charge in [0.15, 0.2) is 0 Å². The molecule has 3 rings (SSSR count). The van der Waals surface area contributed by atoms with Crippen LogP contribution in [0.4, 0.5) is 0 Å². The number of rotatable bonds is 3. The summed E-state index contributed by atoms with van der Waals surface area (Å²) in [5, 5.41) is 1.21. The summed E-state index contributed by atoms with van der Waals surface area (Å²) in [5.74, 6) is 0.682. The highest BCUT2D eigenvalue weighted by molar-refractivity contribution is 7.11. The average molecular weight is 308 g/mol. The minimum atomic E-state index is 0.155. The van der Waals surface area contributed by atoms with Gasteiger partial charge in [-0.15, -0.1) is 11.3 Å². The van der Waals surface area contributed by atoms with E-state index in [9.17, 15) is 4.79 Å². The molecule has 1 aromatic rings. The Morgan fingerprint density at radius 1 is 1.38 bits per heavy atom. The Hall–Kier alpha value is -0.940. The van der Waals surface area contributed by atoms with Crippen LogP contribution in [0.15, 0.2) is 0 Å². The summed E-state index contributed by atoms with van der Waals surface area (Å²) in [4.78, 5) is 20.4. The number of likely N-dealkylation sites (tertiary alicyclic amines) is 1. The molecule has 4 nitrogen and oxygen atoms in total. The van der Waals surface area contributed by atoms with E-state index in [0.29, 0.717) is 12.3 Å². The zero-order valence-electron chi connectivity index (χ0n) is 12.9. The third-order valence-electron chi connectivity index (χ3n) is 4.59. The molecule has 0 N–H and O–H groups in total. The Morgan fingerprint density at radius 3 is 2.90 bits per heavy atom. The zero-order valence-corrected chi connectivity index (χ0v) is 13.7.